The maximum Gasteiger partial charge on any atom is 0.255 e. The number of pyridine rings is 1. The van der Waals surface area contributed by atoms with Crippen LogP contribution in [0.4, 0.5) is 16.0 Å². The average Bonchev–Trinajstić information content (AvgIpc) is 2.85. The maximum atomic E-state index is 14.3. The standard InChI is InChI=1S/C23H30ClFN6O2/c1-2-16-4-3-15(11-26-16)23(32)31-20-9-17(18(24)12-27-20)19-13-28-21(25)22(30-19)29-10-14-5-7-33-8-6-14/h9,12-16,26H,2-8,10-11H2,1H3,(H,29,30)(H,27,31,32)/t15-,16-/m0/s1. The van der Waals surface area contributed by atoms with E-state index in [4.69, 9.17) is 16.3 Å². The van der Waals surface area contributed by atoms with Gasteiger partial charge in [0, 0.05) is 44.1 Å². The molecule has 0 unspecified atom stereocenters. The van der Waals surface area contributed by atoms with Gasteiger partial charge in [-0.1, -0.05) is 18.5 Å². The molecule has 2 aliphatic rings. The highest BCUT2D eigenvalue weighted by molar-refractivity contribution is 6.33. The molecule has 0 saturated carbocycles. The smallest absolute Gasteiger partial charge is 0.255 e. The molecule has 2 aromatic rings. The molecule has 10 heteroatoms. The number of carbonyl (C=O) groups is 1. The second-order valence-corrected chi connectivity index (χ2v) is 9.06. The minimum absolute atomic E-state index is 0.0798. The number of carbonyl (C=O) groups excluding carboxylic acids is 1. The maximum absolute atomic E-state index is 14.3. The molecule has 3 N–H and O–H groups in total. The van der Waals surface area contributed by atoms with Gasteiger partial charge >= 0.3 is 0 Å². The van der Waals surface area contributed by atoms with Crippen molar-refractivity contribution in [3.05, 3.63) is 29.4 Å². The van der Waals surface area contributed by atoms with Crippen LogP contribution >= 0.6 is 11.6 Å². The van der Waals surface area contributed by atoms with Crippen molar-refractivity contribution in [3.63, 3.8) is 0 Å². The fourth-order valence-corrected chi connectivity index (χ4v) is 4.43. The Balaban J connectivity index is 1.45. The summed E-state index contributed by atoms with van der Waals surface area (Å²) in [5, 5.41) is 9.70. The van der Waals surface area contributed by atoms with Gasteiger partial charge in [0.2, 0.25) is 5.91 Å². The Morgan fingerprint density at radius 2 is 2.06 bits per heavy atom. The lowest BCUT2D eigenvalue weighted by Crippen LogP contribution is -2.43. The number of hydrogen-bond acceptors (Lipinski definition) is 7. The largest absolute Gasteiger partial charge is 0.381 e. The topological polar surface area (TPSA) is 101 Å². The molecule has 0 bridgehead atoms. The first-order chi connectivity index (χ1) is 16.0. The molecule has 4 rings (SSSR count). The molecule has 2 aromatic heterocycles. The number of halogens is 2. The van der Waals surface area contributed by atoms with E-state index in [0.717, 1.165) is 45.3 Å². The Labute approximate surface area is 198 Å². The summed E-state index contributed by atoms with van der Waals surface area (Å²) in [5.41, 5.74) is 0.926. The van der Waals surface area contributed by atoms with E-state index in [9.17, 15) is 9.18 Å². The Morgan fingerprint density at radius 3 is 2.79 bits per heavy atom. The highest BCUT2D eigenvalue weighted by Gasteiger charge is 2.25. The van der Waals surface area contributed by atoms with Crippen LogP contribution < -0.4 is 16.0 Å². The molecule has 0 radical (unpaired) electrons. The number of hydrogen-bond donors (Lipinski definition) is 3. The third kappa shape index (κ3) is 6.16. The number of anilines is 2. The Bertz CT molecular complexity index is 964. The highest BCUT2D eigenvalue weighted by Crippen LogP contribution is 2.29. The van der Waals surface area contributed by atoms with Crippen molar-refractivity contribution in [2.24, 2.45) is 11.8 Å². The van der Waals surface area contributed by atoms with E-state index in [-0.39, 0.29) is 17.6 Å². The van der Waals surface area contributed by atoms with Crippen LogP contribution in [0, 0.1) is 17.8 Å². The van der Waals surface area contributed by atoms with Gasteiger partial charge in [-0.25, -0.2) is 15.0 Å². The number of rotatable bonds is 7. The van der Waals surface area contributed by atoms with Gasteiger partial charge in [0.15, 0.2) is 5.82 Å². The molecule has 2 fully saturated rings. The van der Waals surface area contributed by atoms with Gasteiger partial charge in [-0.3, -0.25) is 4.79 Å². The minimum Gasteiger partial charge on any atom is -0.381 e. The van der Waals surface area contributed by atoms with Crippen LogP contribution in [0.5, 0.6) is 0 Å². The lowest BCUT2D eigenvalue weighted by Gasteiger charge is -2.28. The van der Waals surface area contributed by atoms with Crippen molar-refractivity contribution in [2.45, 2.75) is 45.1 Å². The summed E-state index contributed by atoms with van der Waals surface area (Å²) in [7, 11) is 0. The molecular weight excluding hydrogens is 447 g/mol. The second-order valence-electron chi connectivity index (χ2n) is 8.66. The number of aromatic nitrogens is 3. The van der Waals surface area contributed by atoms with Crippen LogP contribution in [0.1, 0.15) is 39.0 Å². The van der Waals surface area contributed by atoms with E-state index < -0.39 is 5.95 Å². The summed E-state index contributed by atoms with van der Waals surface area (Å²) in [6.07, 6.45) is 7.51. The van der Waals surface area contributed by atoms with E-state index in [1.165, 1.54) is 12.4 Å². The number of piperidine rings is 1. The molecule has 8 nitrogen and oxygen atoms in total. The van der Waals surface area contributed by atoms with Crippen LogP contribution in [0.2, 0.25) is 5.02 Å². The summed E-state index contributed by atoms with van der Waals surface area (Å²) < 4.78 is 19.7. The predicted octanol–water partition coefficient (Wildman–Crippen LogP) is 3.89. The zero-order valence-electron chi connectivity index (χ0n) is 18.7. The number of ether oxygens (including phenoxy) is 1. The van der Waals surface area contributed by atoms with Crippen molar-refractivity contribution in [1.29, 1.82) is 0 Å². The average molecular weight is 477 g/mol. The van der Waals surface area contributed by atoms with Crippen molar-refractivity contribution in [3.8, 4) is 11.3 Å². The number of nitrogens with zero attached hydrogens (tertiary/aromatic N) is 3. The minimum atomic E-state index is -0.667. The van der Waals surface area contributed by atoms with Gasteiger partial charge in [-0.2, -0.15) is 4.39 Å². The molecule has 0 aliphatic carbocycles. The second kappa shape index (κ2) is 11.2. The van der Waals surface area contributed by atoms with Crippen molar-refractivity contribution >= 4 is 29.1 Å². The van der Waals surface area contributed by atoms with Crippen LogP contribution in [-0.4, -0.2) is 53.2 Å². The monoisotopic (exact) mass is 476 g/mol. The van der Waals surface area contributed by atoms with Gasteiger partial charge in [0.05, 0.1) is 22.8 Å². The van der Waals surface area contributed by atoms with E-state index in [0.29, 0.717) is 47.1 Å². The summed E-state index contributed by atoms with van der Waals surface area (Å²) in [6.45, 7) is 4.82. The third-order valence-electron chi connectivity index (χ3n) is 6.39. The molecular formula is C23H30ClFN6O2. The third-order valence-corrected chi connectivity index (χ3v) is 6.69. The molecule has 0 aromatic carbocycles. The highest BCUT2D eigenvalue weighted by atomic mass is 35.5. The van der Waals surface area contributed by atoms with Gasteiger partial charge in [-0.05, 0) is 44.1 Å². The molecule has 2 aliphatic heterocycles. The van der Waals surface area contributed by atoms with Gasteiger partial charge in [0.1, 0.15) is 5.82 Å². The Hall–Kier alpha value is -2.36. The van der Waals surface area contributed by atoms with Crippen molar-refractivity contribution in [2.75, 3.05) is 36.9 Å². The molecule has 2 atom stereocenters. The normalized spacial score (nSPS) is 21.5. The quantitative estimate of drug-likeness (QED) is 0.557. The lowest BCUT2D eigenvalue weighted by molar-refractivity contribution is -0.120. The summed E-state index contributed by atoms with van der Waals surface area (Å²) in [6, 6.07) is 2.12. The predicted molar refractivity (Wildman–Crippen MR) is 126 cm³/mol. The molecule has 2 saturated heterocycles. The van der Waals surface area contributed by atoms with E-state index >= 15 is 0 Å². The molecule has 1 amide bonds. The zero-order chi connectivity index (χ0) is 23.2. The van der Waals surface area contributed by atoms with Gasteiger partial charge in [-0.15, -0.1) is 0 Å². The van der Waals surface area contributed by atoms with Crippen LogP contribution in [0.15, 0.2) is 18.5 Å². The van der Waals surface area contributed by atoms with Crippen LogP contribution in [0.25, 0.3) is 11.3 Å². The summed E-state index contributed by atoms with van der Waals surface area (Å²) >= 11 is 6.36. The Kier molecular flexibility index (Phi) is 8.06. The fraction of sp³-hybridized carbons (Fsp3) is 0.565. The fourth-order valence-electron chi connectivity index (χ4n) is 4.23. The first kappa shape index (κ1) is 23.8. The first-order valence-electron chi connectivity index (χ1n) is 11.6. The van der Waals surface area contributed by atoms with Gasteiger partial charge < -0.3 is 20.7 Å². The number of nitrogens with one attached hydrogen (secondary N) is 3. The molecule has 33 heavy (non-hydrogen) atoms. The summed E-state index contributed by atoms with van der Waals surface area (Å²) in [4.78, 5) is 25.2. The lowest BCUT2D eigenvalue weighted by atomic mass is 9.93. The van der Waals surface area contributed by atoms with Crippen molar-refractivity contribution in [1.82, 2.24) is 20.3 Å². The Morgan fingerprint density at radius 1 is 1.24 bits per heavy atom. The summed E-state index contributed by atoms with van der Waals surface area (Å²) in [5.74, 6) is -0.00486. The van der Waals surface area contributed by atoms with Crippen LogP contribution in [-0.2, 0) is 9.53 Å². The number of amides is 1. The first-order valence-corrected chi connectivity index (χ1v) is 12.0. The van der Waals surface area contributed by atoms with E-state index in [2.05, 4.69) is 37.8 Å². The van der Waals surface area contributed by atoms with Crippen LogP contribution in [0.3, 0.4) is 0 Å². The molecule has 0 spiro atoms. The van der Waals surface area contributed by atoms with E-state index in [1.807, 2.05) is 0 Å². The van der Waals surface area contributed by atoms with E-state index in [1.54, 1.807) is 6.07 Å². The van der Waals surface area contributed by atoms with Crippen molar-refractivity contribution < 1.29 is 13.9 Å². The zero-order valence-corrected chi connectivity index (χ0v) is 19.5. The molecule has 178 valence electrons. The molecule has 4 heterocycles. The van der Waals surface area contributed by atoms with Gasteiger partial charge in [0.25, 0.3) is 5.95 Å². The SMILES string of the molecule is CC[C@H]1CC[C@H](C(=O)Nc2cc(-c3cnc(F)c(NCC4CCOCC4)n3)c(Cl)cn2)CN1.